The van der Waals surface area contributed by atoms with Gasteiger partial charge in [-0.15, -0.1) is 0 Å². The van der Waals surface area contributed by atoms with Crippen molar-refractivity contribution in [3.63, 3.8) is 0 Å². The van der Waals surface area contributed by atoms with Gasteiger partial charge in [0.05, 0.1) is 18.6 Å². The number of carbonyl (C=O) groups is 1. The predicted molar refractivity (Wildman–Crippen MR) is 98.1 cm³/mol. The Hall–Kier alpha value is -2.80. The van der Waals surface area contributed by atoms with E-state index in [2.05, 4.69) is 5.32 Å². The van der Waals surface area contributed by atoms with Crippen molar-refractivity contribution in [1.29, 1.82) is 0 Å². The number of hydrogen-bond donors (Lipinski definition) is 1. The van der Waals surface area contributed by atoms with Crippen LogP contribution in [-0.2, 0) is 6.54 Å². The number of amides is 1. The topological polar surface area (TPSA) is 90.7 Å². The number of hydrogen-bond acceptors (Lipinski definition) is 5. The Morgan fingerprint density at radius 2 is 2.00 bits per heavy atom. The zero-order valence-electron chi connectivity index (χ0n) is 14.5. The minimum Gasteiger partial charge on any atom is -0.493 e. The van der Waals surface area contributed by atoms with Gasteiger partial charge >= 0.3 is 0 Å². The average Bonchev–Trinajstić information content (AvgIpc) is 2.64. The van der Waals surface area contributed by atoms with Crippen LogP contribution in [0.15, 0.2) is 36.4 Å². The van der Waals surface area contributed by atoms with Crippen LogP contribution in [0.4, 0.5) is 5.69 Å². The second-order valence-electron chi connectivity index (χ2n) is 5.44. The van der Waals surface area contributed by atoms with E-state index in [1.54, 1.807) is 19.2 Å². The first-order chi connectivity index (χ1) is 12.5. The second kappa shape index (κ2) is 9.05. The minimum atomic E-state index is -0.626. The molecule has 0 unspecified atom stereocenters. The fraction of sp³-hybridized carbons (Fsp3) is 0.278. The van der Waals surface area contributed by atoms with Crippen molar-refractivity contribution >= 4 is 23.2 Å². The van der Waals surface area contributed by atoms with E-state index in [0.717, 1.165) is 18.1 Å². The normalized spacial score (nSPS) is 10.3. The lowest BCUT2D eigenvalue weighted by molar-refractivity contribution is -0.384. The number of halogens is 1. The Kier molecular flexibility index (Phi) is 6.80. The van der Waals surface area contributed by atoms with Crippen molar-refractivity contribution in [2.75, 3.05) is 13.7 Å². The van der Waals surface area contributed by atoms with Gasteiger partial charge in [-0.05, 0) is 36.2 Å². The van der Waals surface area contributed by atoms with Crippen molar-refractivity contribution in [3.05, 3.63) is 62.7 Å². The minimum absolute atomic E-state index is 0.0149. The third kappa shape index (κ3) is 4.86. The van der Waals surface area contributed by atoms with Crippen LogP contribution in [0.3, 0.4) is 0 Å². The van der Waals surface area contributed by atoms with Crippen molar-refractivity contribution < 1.29 is 19.2 Å². The number of nitro benzene ring substituents is 1. The molecule has 2 rings (SSSR count). The van der Waals surface area contributed by atoms with E-state index in [1.807, 2.05) is 13.0 Å². The van der Waals surface area contributed by atoms with Crippen LogP contribution in [-0.4, -0.2) is 24.5 Å². The molecule has 7 nitrogen and oxygen atoms in total. The van der Waals surface area contributed by atoms with Gasteiger partial charge in [0.1, 0.15) is 5.02 Å². The first kappa shape index (κ1) is 19.5. The third-order valence-corrected chi connectivity index (χ3v) is 3.87. The molecule has 1 amide bonds. The Labute approximate surface area is 156 Å². The first-order valence-electron chi connectivity index (χ1n) is 7.98. The van der Waals surface area contributed by atoms with E-state index < -0.39 is 10.8 Å². The lowest BCUT2D eigenvalue weighted by Crippen LogP contribution is -2.22. The zero-order chi connectivity index (χ0) is 19.1. The molecule has 0 aromatic heterocycles. The number of nitro groups is 1. The van der Waals surface area contributed by atoms with Crippen LogP contribution >= 0.6 is 11.6 Å². The molecule has 0 saturated carbocycles. The van der Waals surface area contributed by atoms with Crippen molar-refractivity contribution in [1.82, 2.24) is 5.32 Å². The largest absolute Gasteiger partial charge is 0.493 e. The highest BCUT2D eigenvalue weighted by molar-refractivity contribution is 6.32. The molecule has 138 valence electrons. The van der Waals surface area contributed by atoms with Crippen molar-refractivity contribution in [2.24, 2.45) is 0 Å². The molecule has 0 fully saturated rings. The number of rotatable bonds is 8. The number of benzene rings is 2. The molecule has 26 heavy (non-hydrogen) atoms. The summed E-state index contributed by atoms with van der Waals surface area (Å²) < 4.78 is 10.9. The van der Waals surface area contributed by atoms with Gasteiger partial charge in [-0.1, -0.05) is 24.6 Å². The van der Waals surface area contributed by atoms with E-state index in [0.29, 0.717) is 18.1 Å². The smallest absolute Gasteiger partial charge is 0.288 e. The summed E-state index contributed by atoms with van der Waals surface area (Å²) in [6, 6.07) is 9.29. The molecular formula is C18H19ClN2O5. The van der Waals surface area contributed by atoms with E-state index in [9.17, 15) is 14.9 Å². The second-order valence-corrected chi connectivity index (χ2v) is 5.85. The maximum absolute atomic E-state index is 12.2. The van der Waals surface area contributed by atoms with E-state index in [1.165, 1.54) is 12.1 Å². The zero-order valence-corrected chi connectivity index (χ0v) is 15.2. The van der Waals surface area contributed by atoms with Crippen LogP contribution in [0.25, 0.3) is 0 Å². The Balaban J connectivity index is 2.07. The van der Waals surface area contributed by atoms with Gasteiger partial charge in [-0.2, -0.15) is 0 Å². The number of ether oxygens (including phenoxy) is 2. The predicted octanol–water partition coefficient (Wildman–Crippen LogP) is 3.98. The molecule has 0 bridgehead atoms. The lowest BCUT2D eigenvalue weighted by Gasteiger charge is -2.12. The number of methoxy groups -OCH3 is 1. The van der Waals surface area contributed by atoms with Crippen LogP contribution in [0.1, 0.15) is 29.3 Å². The molecule has 0 aliphatic heterocycles. The molecule has 0 aliphatic rings. The molecule has 0 saturated heterocycles. The molecule has 0 aliphatic carbocycles. The molecule has 2 aromatic rings. The third-order valence-electron chi connectivity index (χ3n) is 3.55. The van der Waals surface area contributed by atoms with Gasteiger partial charge in [-0.3, -0.25) is 14.9 Å². The van der Waals surface area contributed by atoms with Gasteiger partial charge in [0.25, 0.3) is 11.6 Å². The van der Waals surface area contributed by atoms with Crippen molar-refractivity contribution in [3.8, 4) is 11.5 Å². The molecule has 2 aromatic carbocycles. The molecule has 0 atom stereocenters. The van der Waals surface area contributed by atoms with Gasteiger partial charge in [0.15, 0.2) is 11.5 Å². The maximum atomic E-state index is 12.2. The molecule has 0 radical (unpaired) electrons. The summed E-state index contributed by atoms with van der Waals surface area (Å²) in [4.78, 5) is 22.5. The van der Waals surface area contributed by atoms with Crippen LogP contribution in [0.5, 0.6) is 11.5 Å². The highest BCUT2D eigenvalue weighted by atomic mass is 35.5. The highest BCUT2D eigenvalue weighted by Gasteiger charge is 2.16. The molecule has 0 heterocycles. The fourth-order valence-electron chi connectivity index (χ4n) is 2.23. The van der Waals surface area contributed by atoms with Gasteiger partial charge in [-0.25, -0.2) is 0 Å². The summed E-state index contributed by atoms with van der Waals surface area (Å²) in [5.74, 6) is 0.778. The summed E-state index contributed by atoms with van der Waals surface area (Å²) in [6.07, 6.45) is 0.883. The Morgan fingerprint density at radius 1 is 1.23 bits per heavy atom. The average molecular weight is 379 g/mol. The summed E-state index contributed by atoms with van der Waals surface area (Å²) in [6.45, 7) is 2.83. The monoisotopic (exact) mass is 378 g/mol. The maximum Gasteiger partial charge on any atom is 0.288 e. The van der Waals surface area contributed by atoms with E-state index >= 15 is 0 Å². The Bertz CT molecular complexity index is 810. The van der Waals surface area contributed by atoms with Gasteiger partial charge < -0.3 is 14.8 Å². The van der Waals surface area contributed by atoms with E-state index in [-0.39, 0.29) is 22.8 Å². The summed E-state index contributed by atoms with van der Waals surface area (Å²) in [7, 11) is 1.54. The van der Waals surface area contributed by atoms with Crippen LogP contribution in [0, 0.1) is 10.1 Å². The molecule has 0 spiro atoms. The van der Waals surface area contributed by atoms with Gasteiger partial charge in [0, 0.05) is 18.2 Å². The number of carbonyl (C=O) groups excluding carboxylic acids is 1. The van der Waals surface area contributed by atoms with E-state index in [4.69, 9.17) is 21.1 Å². The summed E-state index contributed by atoms with van der Waals surface area (Å²) in [5.41, 5.74) is 0.664. The number of nitrogens with one attached hydrogen (secondary N) is 1. The quantitative estimate of drug-likeness (QED) is 0.554. The highest BCUT2D eigenvalue weighted by Crippen LogP contribution is 2.28. The van der Waals surface area contributed by atoms with Crippen molar-refractivity contribution in [2.45, 2.75) is 19.9 Å². The lowest BCUT2D eigenvalue weighted by atomic mass is 10.1. The van der Waals surface area contributed by atoms with Gasteiger partial charge in [0.2, 0.25) is 0 Å². The SMILES string of the molecule is CCCOc1ccc(CNC(=O)c2ccc(Cl)c([N+](=O)[O-])c2)cc1OC. The fourth-order valence-corrected chi connectivity index (χ4v) is 2.42. The van der Waals surface area contributed by atoms with Crippen LogP contribution < -0.4 is 14.8 Å². The molecule has 8 heteroatoms. The number of nitrogens with zero attached hydrogens (tertiary/aromatic N) is 1. The standard InChI is InChI=1S/C18H19ClN2O5/c1-3-8-26-16-7-4-12(9-17(16)25-2)11-20-18(22)13-5-6-14(19)15(10-13)21(23)24/h4-7,9-10H,3,8,11H2,1-2H3,(H,20,22). The first-order valence-corrected chi connectivity index (χ1v) is 8.36. The molecular weight excluding hydrogens is 360 g/mol. The molecule has 1 N–H and O–H groups in total. The van der Waals surface area contributed by atoms with Crippen LogP contribution in [0.2, 0.25) is 5.02 Å². The Morgan fingerprint density at radius 3 is 2.65 bits per heavy atom. The summed E-state index contributed by atoms with van der Waals surface area (Å²) >= 11 is 5.75. The summed E-state index contributed by atoms with van der Waals surface area (Å²) in [5, 5.41) is 13.6.